The van der Waals surface area contributed by atoms with E-state index in [9.17, 15) is 4.79 Å². The van der Waals surface area contributed by atoms with Gasteiger partial charge >= 0.3 is 0 Å². The smallest absolute Gasteiger partial charge is 0.234 e. The van der Waals surface area contributed by atoms with E-state index in [0.29, 0.717) is 16.6 Å². The van der Waals surface area contributed by atoms with Crippen LogP contribution in [-0.2, 0) is 4.79 Å². The minimum atomic E-state index is -0.139. The highest BCUT2D eigenvalue weighted by Crippen LogP contribution is 2.30. The van der Waals surface area contributed by atoms with Gasteiger partial charge in [-0.15, -0.1) is 21.5 Å². The van der Waals surface area contributed by atoms with E-state index in [1.165, 1.54) is 11.8 Å². The molecule has 6 nitrogen and oxygen atoms in total. The maximum absolute atomic E-state index is 12.5. The number of rotatable bonds is 7. The van der Waals surface area contributed by atoms with Gasteiger partial charge < -0.3 is 10.1 Å². The molecule has 0 bridgehead atoms. The molecule has 0 aliphatic heterocycles. The van der Waals surface area contributed by atoms with Crippen molar-refractivity contribution in [1.29, 1.82) is 0 Å². The first-order valence-corrected chi connectivity index (χ1v) is 10.7. The van der Waals surface area contributed by atoms with Crippen LogP contribution in [0.15, 0.2) is 77.3 Å². The number of benzene rings is 2. The second-order valence-corrected chi connectivity index (χ2v) is 7.88. The van der Waals surface area contributed by atoms with Crippen molar-refractivity contribution in [3.8, 4) is 22.1 Å². The third-order valence-electron chi connectivity index (χ3n) is 4.10. The Kier molecular flexibility index (Phi) is 5.92. The molecule has 2 aromatic carbocycles. The van der Waals surface area contributed by atoms with Gasteiger partial charge in [-0.1, -0.05) is 48.2 Å². The highest BCUT2D eigenvalue weighted by Gasteiger charge is 2.18. The lowest BCUT2D eigenvalue weighted by Gasteiger charge is -2.11. The molecule has 1 amide bonds. The molecule has 0 fully saturated rings. The molecule has 8 heteroatoms. The van der Waals surface area contributed by atoms with Gasteiger partial charge in [0.05, 0.1) is 23.4 Å². The van der Waals surface area contributed by atoms with Crippen molar-refractivity contribution in [3.63, 3.8) is 0 Å². The summed E-state index contributed by atoms with van der Waals surface area (Å²) in [5.41, 5.74) is 1.60. The van der Waals surface area contributed by atoms with Crippen LogP contribution in [0.2, 0.25) is 0 Å². The monoisotopic (exact) mass is 422 g/mol. The van der Waals surface area contributed by atoms with Crippen LogP contribution in [0.25, 0.3) is 16.4 Å². The predicted molar refractivity (Wildman–Crippen MR) is 117 cm³/mol. The quantitative estimate of drug-likeness (QED) is 0.436. The first kappa shape index (κ1) is 19.2. The third-order valence-corrected chi connectivity index (χ3v) is 5.90. The molecule has 0 unspecified atom stereocenters. The third kappa shape index (κ3) is 4.33. The normalized spacial score (nSPS) is 10.7. The number of para-hydroxylation sites is 3. The Balaban J connectivity index is 1.55. The van der Waals surface area contributed by atoms with Crippen molar-refractivity contribution >= 4 is 34.7 Å². The summed E-state index contributed by atoms with van der Waals surface area (Å²) in [7, 11) is 1.58. The Morgan fingerprint density at radius 3 is 2.62 bits per heavy atom. The number of thiophene rings is 1. The highest BCUT2D eigenvalue weighted by molar-refractivity contribution is 7.99. The summed E-state index contributed by atoms with van der Waals surface area (Å²) >= 11 is 2.94. The Bertz CT molecular complexity index is 1100. The second kappa shape index (κ2) is 8.93. The van der Waals surface area contributed by atoms with Gasteiger partial charge in [-0.25, -0.2) is 0 Å². The zero-order valence-corrected chi connectivity index (χ0v) is 17.2. The standard InChI is InChI=1S/C21H18N4O2S2/c1-27-17-11-6-5-10-16(17)22-19(26)14-29-21-24-23-20(18-12-7-13-28-18)25(21)15-8-3-2-4-9-15/h2-13H,14H2,1H3,(H,22,26). The summed E-state index contributed by atoms with van der Waals surface area (Å²) in [4.78, 5) is 13.5. The molecule has 4 aromatic rings. The van der Waals surface area contributed by atoms with Crippen molar-refractivity contribution in [1.82, 2.24) is 14.8 Å². The second-order valence-electron chi connectivity index (χ2n) is 5.99. The Labute approximate surface area is 176 Å². The number of aromatic nitrogens is 3. The molecule has 0 atom stereocenters. The molecular formula is C21H18N4O2S2. The molecule has 0 saturated carbocycles. The van der Waals surface area contributed by atoms with Gasteiger partial charge in [-0.05, 0) is 35.7 Å². The molecule has 4 rings (SSSR count). The lowest BCUT2D eigenvalue weighted by atomic mass is 10.3. The highest BCUT2D eigenvalue weighted by atomic mass is 32.2. The molecule has 29 heavy (non-hydrogen) atoms. The van der Waals surface area contributed by atoms with Crippen LogP contribution in [0.1, 0.15) is 0 Å². The average Bonchev–Trinajstić information content (AvgIpc) is 3.43. The van der Waals surface area contributed by atoms with Crippen LogP contribution in [0.4, 0.5) is 5.69 Å². The molecule has 1 N–H and O–H groups in total. The summed E-state index contributed by atoms with van der Waals surface area (Å²) in [5, 5.41) is 14.3. The molecule has 2 aromatic heterocycles. The van der Waals surface area contributed by atoms with E-state index in [-0.39, 0.29) is 11.7 Å². The number of nitrogens with zero attached hydrogens (tertiary/aromatic N) is 3. The number of anilines is 1. The largest absolute Gasteiger partial charge is 0.495 e. The van der Waals surface area contributed by atoms with E-state index in [0.717, 1.165) is 16.4 Å². The molecule has 0 saturated heterocycles. The maximum Gasteiger partial charge on any atom is 0.234 e. The molecule has 0 aliphatic carbocycles. The maximum atomic E-state index is 12.5. The summed E-state index contributed by atoms with van der Waals surface area (Å²) in [6.45, 7) is 0. The first-order valence-electron chi connectivity index (χ1n) is 8.86. The van der Waals surface area contributed by atoms with Crippen LogP contribution in [0.3, 0.4) is 0 Å². The molecule has 0 aliphatic rings. The van der Waals surface area contributed by atoms with Crippen LogP contribution in [0.5, 0.6) is 5.75 Å². The summed E-state index contributed by atoms with van der Waals surface area (Å²) in [6, 6.07) is 21.2. The Hall–Kier alpha value is -3.10. The lowest BCUT2D eigenvalue weighted by molar-refractivity contribution is -0.113. The van der Waals surface area contributed by atoms with E-state index in [4.69, 9.17) is 4.74 Å². The number of ether oxygens (including phenoxy) is 1. The number of methoxy groups -OCH3 is 1. The minimum absolute atomic E-state index is 0.139. The van der Waals surface area contributed by atoms with Crippen molar-refractivity contribution in [2.75, 3.05) is 18.2 Å². The van der Waals surface area contributed by atoms with E-state index < -0.39 is 0 Å². The number of carbonyl (C=O) groups excluding carboxylic acids is 1. The summed E-state index contributed by atoms with van der Waals surface area (Å²) < 4.78 is 7.26. The van der Waals surface area contributed by atoms with Gasteiger partial charge in [0, 0.05) is 5.69 Å². The fourth-order valence-corrected chi connectivity index (χ4v) is 4.25. The number of hydrogen-bond acceptors (Lipinski definition) is 6. The van der Waals surface area contributed by atoms with Crippen LogP contribution >= 0.6 is 23.1 Å². The van der Waals surface area contributed by atoms with Crippen LogP contribution in [-0.4, -0.2) is 33.5 Å². The zero-order chi connectivity index (χ0) is 20.1. The number of amides is 1. The molecule has 146 valence electrons. The number of carbonyl (C=O) groups is 1. The van der Waals surface area contributed by atoms with Crippen molar-refractivity contribution in [3.05, 3.63) is 72.1 Å². The molecule has 2 heterocycles. The van der Waals surface area contributed by atoms with Gasteiger partial charge in [0.15, 0.2) is 11.0 Å². The van der Waals surface area contributed by atoms with Crippen molar-refractivity contribution in [2.24, 2.45) is 0 Å². The summed E-state index contributed by atoms with van der Waals surface area (Å²) in [5.74, 6) is 1.45. The lowest BCUT2D eigenvalue weighted by Crippen LogP contribution is -2.15. The van der Waals surface area contributed by atoms with E-state index in [2.05, 4.69) is 15.5 Å². The number of hydrogen-bond donors (Lipinski definition) is 1. The van der Waals surface area contributed by atoms with E-state index in [1.54, 1.807) is 18.4 Å². The van der Waals surface area contributed by atoms with Gasteiger partial charge in [0.25, 0.3) is 0 Å². The Morgan fingerprint density at radius 2 is 1.86 bits per heavy atom. The fourth-order valence-electron chi connectivity index (χ4n) is 2.80. The predicted octanol–water partition coefficient (Wildman–Crippen LogP) is 4.74. The first-order chi connectivity index (χ1) is 14.3. The van der Waals surface area contributed by atoms with Crippen molar-refractivity contribution < 1.29 is 9.53 Å². The average molecular weight is 423 g/mol. The molecular weight excluding hydrogens is 404 g/mol. The topological polar surface area (TPSA) is 69.0 Å². The van der Waals surface area contributed by atoms with Gasteiger partial charge in [0.1, 0.15) is 5.75 Å². The number of thioether (sulfide) groups is 1. The molecule has 0 radical (unpaired) electrons. The Morgan fingerprint density at radius 1 is 1.07 bits per heavy atom. The van der Waals surface area contributed by atoms with Gasteiger partial charge in [-0.2, -0.15) is 0 Å². The molecule has 0 spiro atoms. The summed E-state index contributed by atoms with van der Waals surface area (Å²) in [6.07, 6.45) is 0. The van der Waals surface area contributed by atoms with E-state index >= 15 is 0 Å². The van der Waals surface area contributed by atoms with Gasteiger partial charge in [0.2, 0.25) is 5.91 Å². The SMILES string of the molecule is COc1ccccc1NC(=O)CSc1nnc(-c2cccs2)n1-c1ccccc1. The number of nitrogens with one attached hydrogen (secondary N) is 1. The van der Waals surface area contributed by atoms with Crippen LogP contribution in [0, 0.1) is 0 Å². The van der Waals surface area contributed by atoms with Crippen LogP contribution < -0.4 is 10.1 Å². The van der Waals surface area contributed by atoms with E-state index in [1.807, 2.05) is 76.7 Å². The van der Waals surface area contributed by atoms with Gasteiger partial charge in [-0.3, -0.25) is 9.36 Å². The fraction of sp³-hybridized carbons (Fsp3) is 0.0952. The minimum Gasteiger partial charge on any atom is -0.495 e. The zero-order valence-electron chi connectivity index (χ0n) is 15.6. The van der Waals surface area contributed by atoms with Crippen molar-refractivity contribution in [2.45, 2.75) is 5.16 Å².